The van der Waals surface area contributed by atoms with Gasteiger partial charge < -0.3 is 0 Å². The van der Waals surface area contributed by atoms with E-state index in [0.717, 1.165) is 5.56 Å². The molecule has 0 saturated heterocycles. The molecule has 2 aromatic carbocycles. The van der Waals surface area contributed by atoms with Crippen molar-refractivity contribution < 1.29 is 10.0 Å². The molecule has 0 bridgehead atoms. The molecule has 0 aliphatic heterocycles. The summed E-state index contributed by atoms with van der Waals surface area (Å²) in [4.78, 5) is 11.3. The molecule has 118 valence electrons. The third-order valence-electron chi connectivity index (χ3n) is 3.51. The van der Waals surface area contributed by atoms with Crippen molar-refractivity contribution >= 4 is 39.3 Å². The van der Waals surface area contributed by atoms with Gasteiger partial charge in [0.15, 0.2) is 0 Å². The average molecular weight is 344 g/mol. The Balaban J connectivity index is 1.64. The van der Waals surface area contributed by atoms with E-state index in [1.165, 1.54) is 14.3 Å². The third-order valence-corrected chi connectivity index (χ3v) is 5.71. The molecule has 1 unspecified atom stereocenters. The topological polar surface area (TPSA) is 61.4 Å². The maximum Gasteiger partial charge on any atom is 0.274 e. The summed E-state index contributed by atoms with van der Waals surface area (Å²) >= 11 is 3.38. The van der Waals surface area contributed by atoms with Crippen LogP contribution in [0.25, 0.3) is 10.1 Å². The van der Waals surface area contributed by atoms with E-state index in [-0.39, 0.29) is 6.04 Å². The van der Waals surface area contributed by atoms with E-state index < -0.39 is 5.91 Å². The number of rotatable bonds is 5. The minimum atomic E-state index is -0.503. The van der Waals surface area contributed by atoms with Crippen molar-refractivity contribution in [3.05, 3.63) is 65.7 Å². The second-order valence-corrected chi connectivity index (χ2v) is 7.33. The molecule has 4 nitrogen and oxygen atoms in total. The highest BCUT2D eigenvalue weighted by atomic mass is 32.2. The zero-order chi connectivity index (χ0) is 16.2. The lowest BCUT2D eigenvalue weighted by atomic mass is 10.1. The number of fused-ring (bicyclic) bond motifs is 1. The first-order valence-corrected chi connectivity index (χ1v) is 8.76. The Morgan fingerprint density at radius 2 is 1.91 bits per heavy atom. The molecule has 0 spiro atoms. The van der Waals surface area contributed by atoms with Gasteiger partial charge in [-0.05, 0) is 54.1 Å². The predicted octanol–water partition coefficient (Wildman–Crippen LogP) is 4.38. The SMILES string of the molecule is CC(NSc1cc2ccccc2s1)c1ccc(C(=O)NO)cc1. The zero-order valence-corrected chi connectivity index (χ0v) is 14.1. The fraction of sp³-hybridized carbons (Fsp3) is 0.118. The quantitative estimate of drug-likeness (QED) is 0.365. The van der Waals surface area contributed by atoms with Crippen LogP contribution in [0.4, 0.5) is 0 Å². The maximum atomic E-state index is 11.3. The largest absolute Gasteiger partial charge is 0.288 e. The molecule has 0 saturated carbocycles. The highest BCUT2D eigenvalue weighted by molar-refractivity contribution is 7.99. The molecule has 0 radical (unpaired) electrons. The summed E-state index contributed by atoms with van der Waals surface area (Å²) in [6, 6.07) is 17.8. The van der Waals surface area contributed by atoms with Crippen molar-refractivity contribution in [1.82, 2.24) is 10.2 Å². The van der Waals surface area contributed by atoms with Crippen LogP contribution in [0, 0.1) is 0 Å². The second kappa shape index (κ2) is 7.14. The van der Waals surface area contributed by atoms with Crippen LogP contribution >= 0.6 is 23.3 Å². The van der Waals surface area contributed by atoms with Crippen molar-refractivity contribution in [3.63, 3.8) is 0 Å². The Kier molecular flexibility index (Phi) is 4.97. The Labute approximate surface area is 142 Å². The van der Waals surface area contributed by atoms with E-state index >= 15 is 0 Å². The first-order valence-electron chi connectivity index (χ1n) is 7.12. The Hall–Kier alpha value is -1.86. The summed E-state index contributed by atoms with van der Waals surface area (Å²) in [6.07, 6.45) is 0. The minimum absolute atomic E-state index is 0.136. The molecule has 0 aliphatic rings. The Morgan fingerprint density at radius 1 is 1.17 bits per heavy atom. The van der Waals surface area contributed by atoms with Crippen LogP contribution in [0.15, 0.2) is 58.8 Å². The van der Waals surface area contributed by atoms with Crippen LogP contribution in [0.3, 0.4) is 0 Å². The molecule has 3 rings (SSSR count). The van der Waals surface area contributed by atoms with Crippen molar-refractivity contribution in [2.75, 3.05) is 0 Å². The maximum absolute atomic E-state index is 11.3. The molecule has 23 heavy (non-hydrogen) atoms. The highest BCUT2D eigenvalue weighted by Crippen LogP contribution is 2.32. The van der Waals surface area contributed by atoms with Crippen molar-refractivity contribution in [1.29, 1.82) is 0 Å². The van der Waals surface area contributed by atoms with Gasteiger partial charge in [-0.2, -0.15) is 0 Å². The number of thiophene rings is 1. The van der Waals surface area contributed by atoms with E-state index in [2.05, 4.69) is 29.8 Å². The molecular formula is C17H16N2O2S2. The van der Waals surface area contributed by atoms with Gasteiger partial charge in [-0.15, -0.1) is 11.3 Å². The van der Waals surface area contributed by atoms with E-state index in [1.54, 1.807) is 40.9 Å². The Bertz CT molecular complexity index is 782. The molecule has 1 aromatic heterocycles. The van der Waals surface area contributed by atoms with E-state index in [9.17, 15) is 4.79 Å². The van der Waals surface area contributed by atoms with Gasteiger partial charge in [0.2, 0.25) is 0 Å². The Morgan fingerprint density at radius 3 is 2.61 bits per heavy atom. The van der Waals surface area contributed by atoms with Gasteiger partial charge in [0.05, 0.1) is 4.21 Å². The number of hydroxylamine groups is 1. The molecule has 1 atom stereocenters. The lowest BCUT2D eigenvalue weighted by molar-refractivity contribution is 0.0706. The number of carbonyl (C=O) groups is 1. The molecule has 0 fully saturated rings. The standard InChI is InChI=1S/C17H16N2O2S2/c1-11(12-6-8-13(9-7-12)17(20)18-21)19-23-16-10-14-4-2-3-5-15(14)22-16/h2-11,19,21H,1H3,(H,18,20). The van der Waals surface area contributed by atoms with Crippen molar-refractivity contribution in [2.45, 2.75) is 17.2 Å². The molecule has 0 aliphatic carbocycles. The highest BCUT2D eigenvalue weighted by Gasteiger charge is 2.09. The minimum Gasteiger partial charge on any atom is -0.288 e. The van der Waals surface area contributed by atoms with E-state index in [1.807, 2.05) is 24.3 Å². The van der Waals surface area contributed by atoms with Crippen LogP contribution in [0.5, 0.6) is 0 Å². The van der Waals surface area contributed by atoms with Gasteiger partial charge in [0, 0.05) is 16.3 Å². The monoisotopic (exact) mass is 344 g/mol. The van der Waals surface area contributed by atoms with Gasteiger partial charge in [-0.25, -0.2) is 5.48 Å². The van der Waals surface area contributed by atoms with E-state index in [4.69, 9.17) is 5.21 Å². The number of benzene rings is 2. The summed E-state index contributed by atoms with van der Waals surface area (Å²) in [5.74, 6) is -0.503. The van der Waals surface area contributed by atoms with Crippen molar-refractivity contribution in [2.24, 2.45) is 0 Å². The second-order valence-electron chi connectivity index (χ2n) is 5.11. The number of hydrogen-bond donors (Lipinski definition) is 3. The number of nitrogens with one attached hydrogen (secondary N) is 2. The molecule has 3 aromatic rings. The summed E-state index contributed by atoms with van der Waals surface area (Å²) in [7, 11) is 0. The third kappa shape index (κ3) is 3.73. The van der Waals surface area contributed by atoms with Crippen LogP contribution < -0.4 is 10.2 Å². The van der Waals surface area contributed by atoms with Crippen molar-refractivity contribution in [3.8, 4) is 0 Å². The molecule has 3 N–H and O–H groups in total. The van der Waals surface area contributed by atoms with Gasteiger partial charge in [-0.3, -0.25) is 14.7 Å². The van der Waals surface area contributed by atoms with Gasteiger partial charge in [0.25, 0.3) is 5.91 Å². The average Bonchev–Trinajstić information content (AvgIpc) is 3.02. The van der Waals surface area contributed by atoms with Gasteiger partial charge in [-0.1, -0.05) is 30.3 Å². The molecule has 1 heterocycles. The first kappa shape index (κ1) is 16.0. The first-order chi connectivity index (χ1) is 11.2. The summed E-state index contributed by atoms with van der Waals surface area (Å²) in [6.45, 7) is 2.07. The predicted molar refractivity (Wildman–Crippen MR) is 94.9 cm³/mol. The van der Waals surface area contributed by atoms with Crippen LogP contribution in [-0.2, 0) is 0 Å². The fourth-order valence-electron chi connectivity index (χ4n) is 2.21. The van der Waals surface area contributed by atoms with Crippen LogP contribution in [0.2, 0.25) is 0 Å². The van der Waals surface area contributed by atoms with E-state index in [0.29, 0.717) is 5.56 Å². The zero-order valence-electron chi connectivity index (χ0n) is 12.4. The number of carbonyl (C=O) groups excluding carboxylic acids is 1. The van der Waals surface area contributed by atoms with Gasteiger partial charge in [0.1, 0.15) is 0 Å². The lowest BCUT2D eigenvalue weighted by Gasteiger charge is -2.13. The van der Waals surface area contributed by atoms with Crippen LogP contribution in [-0.4, -0.2) is 11.1 Å². The molecule has 6 heteroatoms. The lowest BCUT2D eigenvalue weighted by Crippen LogP contribution is -2.18. The summed E-state index contributed by atoms with van der Waals surface area (Å²) in [5, 5.41) is 9.88. The molecule has 1 amide bonds. The smallest absolute Gasteiger partial charge is 0.274 e. The fourth-order valence-corrected chi connectivity index (χ4v) is 4.20. The van der Waals surface area contributed by atoms with Crippen LogP contribution in [0.1, 0.15) is 28.9 Å². The number of hydrogen-bond acceptors (Lipinski definition) is 5. The normalized spacial score (nSPS) is 12.3. The molecular weight excluding hydrogens is 328 g/mol. The summed E-state index contributed by atoms with van der Waals surface area (Å²) < 4.78 is 5.91. The number of amides is 1. The van der Waals surface area contributed by atoms with Gasteiger partial charge >= 0.3 is 0 Å². The summed E-state index contributed by atoms with van der Waals surface area (Å²) in [5.41, 5.74) is 3.14.